The van der Waals surface area contributed by atoms with Gasteiger partial charge in [-0.15, -0.1) is 0 Å². The van der Waals surface area contributed by atoms with Crippen LogP contribution in [0.5, 0.6) is 5.75 Å². The van der Waals surface area contributed by atoms with Gasteiger partial charge >= 0.3 is 7.82 Å². The molecule has 5 nitrogen and oxygen atoms in total. The first-order chi connectivity index (χ1) is 14.7. The topological polar surface area (TPSA) is 54.0 Å². The third-order valence-electron chi connectivity index (χ3n) is 4.96. The van der Waals surface area contributed by atoms with Crippen LogP contribution in [0, 0.1) is 0 Å². The predicted molar refractivity (Wildman–Crippen MR) is 124 cm³/mol. The number of unbranched alkanes of at least 4 members (excludes halogenated alkanes) is 12. The van der Waals surface area contributed by atoms with Crippen molar-refractivity contribution >= 4 is 7.82 Å². The fourth-order valence-corrected chi connectivity index (χ4v) is 4.16. The molecule has 6 heteroatoms. The number of para-hydroxylation sites is 1. The Morgan fingerprint density at radius 2 is 1.07 bits per heavy atom. The lowest BCUT2D eigenvalue weighted by Crippen LogP contribution is -2.05. The first-order valence-corrected chi connectivity index (χ1v) is 13.5. The van der Waals surface area contributed by atoms with Gasteiger partial charge in [0, 0.05) is 0 Å². The average Bonchev–Trinajstić information content (AvgIpc) is 2.77. The standard InChI is InChI=1S/C24H43O5P/c1-3-5-7-9-11-13-18-22-26-30(25,29-28-24-20-16-15-17-21-24)27-23-19-14-12-10-8-6-4-2/h15-17,20-21H,3-14,18-19,22-23H2,1-2H3. The molecule has 0 heterocycles. The predicted octanol–water partition coefficient (Wildman–Crippen LogP) is 8.64. The van der Waals surface area contributed by atoms with Gasteiger partial charge in [0.15, 0.2) is 5.75 Å². The van der Waals surface area contributed by atoms with Crippen LogP contribution in [-0.2, 0) is 18.3 Å². The molecule has 0 aliphatic heterocycles. The third-order valence-corrected chi connectivity index (χ3v) is 6.22. The second kappa shape index (κ2) is 18.9. The maximum absolute atomic E-state index is 12.9. The molecule has 0 saturated carbocycles. The van der Waals surface area contributed by atoms with E-state index in [0.29, 0.717) is 19.0 Å². The first kappa shape index (κ1) is 27.2. The molecule has 0 aliphatic carbocycles. The summed E-state index contributed by atoms with van der Waals surface area (Å²) in [5.74, 6) is 0.469. The van der Waals surface area contributed by atoms with Crippen molar-refractivity contribution in [2.24, 2.45) is 0 Å². The molecule has 0 bridgehead atoms. The van der Waals surface area contributed by atoms with Crippen LogP contribution in [0.2, 0.25) is 0 Å². The van der Waals surface area contributed by atoms with Crippen LogP contribution in [0.3, 0.4) is 0 Å². The summed E-state index contributed by atoms with van der Waals surface area (Å²) >= 11 is 0. The molecule has 1 aromatic carbocycles. The minimum absolute atomic E-state index is 0.347. The SMILES string of the molecule is CCCCCCCCCOP(=O)(OCCCCCCCCC)OOc1ccccc1. The summed E-state index contributed by atoms with van der Waals surface area (Å²) in [4.78, 5) is 5.20. The van der Waals surface area contributed by atoms with Crippen LogP contribution in [0.4, 0.5) is 0 Å². The van der Waals surface area contributed by atoms with E-state index >= 15 is 0 Å². The molecule has 1 aromatic rings. The summed E-state index contributed by atoms with van der Waals surface area (Å²) in [5, 5.41) is 0. The van der Waals surface area contributed by atoms with Gasteiger partial charge in [-0.05, 0) is 25.0 Å². The molecule has 174 valence electrons. The van der Waals surface area contributed by atoms with Crippen LogP contribution in [0.1, 0.15) is 104 Å². The number of benzene rings is 1. The normalized spacial score (nSPS) is 11.7. The second-order valence-corrected chi connectivity index (χ2v) is 9.39. The summed E-state index contributed by atoms with van der Waals surface area (Å²) in [7, 11) is -3.74. The fraction of sp³-hybridized carbons (Fsp3) is 0.750. The lowest BCUT2D eigenvalue weighted by Gasteiger charge is -2.17. The lowest BCUT2D eigenvalue weighted by molar-refractivity contribution is -0.132. The Morgan fingerprint density at radius 1 is 0.633 bits per heavy atom. The van der Waals surface area contributed by atoms with E-state index in [1.165, 1.54) is 64.2 Å². The Hall–Kier alpha value is -0.870. The molecular formula is C24H43O5P. The van der Waals surface area contributed by atoms with Crippen molar-refractivity contribution in [1.29, 1.82) is 0 Å². The molecule has 0 aliphatic rings. The van der Waals surface area contributed by atoms with E-state index in [1.807, 2.05) is 18.2 Å². The second-order valence-electron chi connectivity index (χ2n) is 7.83. The van der Waals surface area contributed by atoms with E-state index in [9.17, 15) is 4.57 Å². The third kappa shape index (κ3) is 15.0. The van der Waals surface area contributed by atoms with Gasteiger partial charge in [-0.1, -0.05) is 114 Å². The Bertz CT molecular complexity index is 514. The summed E-state index contributed by atoms with van der Waals surface area (Å²) in [6, 6.07) is 8.99. The highest BCUT2D eigenvalue weighted by molar-refractivity contribution is 7.48. The van der Waals surface area contributed by atoms with Gasteiger partial charge in [0.2, 0.25) is 0 Å². The molecule has 0 N–H and O–H groups in total. The maximum Gasteiger partial charge on any atom is 0.511 e. The van der Waals surface area contributed by atoms with E-state index in [0.717, 1.165) is 25.7 Å². The molecule has 0 amide bonds. The van der Waals surface area contributed by atoms with Crippen molar-refractivity contribution in [3.8, 4) is 5.75 Å². The Morgan fingerprint density at radius 3 is 1.53 bits per heavy atom. The van der Waals surface area contributed by atoms with Crippen molar-refractivity contribution in [3.63, 3.8) is 0 Å². The maximum atomic E-state index is 12.9. The zero-order chi connectivity index (χ0) is 21.8. The van der Waals surface area contributed by atoms with Crippen LogP contribution >= 0.6 is 7.82 Å². The van der Waals surface area contributed by atoms with Crippen molar-refractivity contribution < 1.29 is 23.2 Å². The van der Waals surface area contributed by atoms with Gasteiger partial charge in [0.05, 0.1) is 13.2 Å². The molecule has 0 unspecified atom stereocenters. The molecule has 0 aromatic heterocycles. The molecule has 0 atom stereocenters. The number of hydrogen-bond donors (Lipinski definition) is 0. The van der Waals surface area contributed by atoms with Crippen LogP contribution in [0.25, 0.3) is 0 Å². The first-order valence-electron chi connectivity index (χ1n) is 12.0. The van der Waals surface area contributed by atoms with Gasteiger partial charge in [-0.3, -0.25) is 9.05 Å². The summed E-state index contributed by atoms with van der Waals surface area (Å²) in [6.45, 7) is 5.13. The van der Waals surface area contributed by atoms with E-state index in [-0.39, 0.29) is 0 Å². The number of rotatable bonds is 21. The molecule has 0 fully saturated rings. The van der Waals surface area contributed by atoms with E-state index in [1.54, 1.807) is 12.1 Å². The largest absolute Gasteiger partial charge is 0.511 e. The van der Waals surface area contributed by atoms with Crippen molar-refractivity contribution in [3.05, 3.63) is 30.3 Å². The molecule has 30 heavy (non-hydrogen) atoms. The van der Waals surface area contributed by atoms with Crippen LogP contribution < -0.4 is 4.89 Å². The minimum Gasteiger partial charge on any atom is -0.327 e. The van der Waals surface area contributed by atoms with E-state index in [4.69, 9.17) is 18.6 Å². The smallest absolute Gasteiger partial charge is 0.327 e. The van der Waals surface area contributed by atoms with Gasteiger partial charge in [0.1, 0.15) is 0 Å². The van der Waals surface area contributed by atoms with Gasteiger partial charge in [-0.2, -0.15) is 0 Å². The molecule has 0 radical (unpaired) electrons. The molecule has 0 spiro atoms. The van der Waals surface area contributed by atoms with Gasteiger partial charge < -0.3 is 4.89 Å². The Labute approximate surface area is 184 Å². The summed E-state index contributed by atoms with van der Waals surface area (Å²) in [6.07, 6.45) is 16.3. The zero-order valence-corrected chi connectivity index (χ0v) is 20.1. The zero-order valence-electron chi connectivity index (χ0n) is 19.2. The summed E-state index contributed by atoms with van der Waals surface area (Å²) in [5.41, 5.74) is 0. The number of phosphoric ester groups is 1. The number of phosphoric acid groups is 1. The van der Waals surface area contributed by atoms with Crippen LogP contribution in [0.15, 0.2) is 30.3 Å². The van der Waals surface area contributed by atoms with Crippen LogP contribution in [-0.4, -0.2) is 13.2 Å². The molecule has 1 rings (SSSR count). The van der Waals surface area contributed by atoms with E-state index < -0.39 is 7.82 Å². The van der Waals surface area contributed by atoms with Crippen molar-refractivity contribution in [2.75, 3.05) is 13.2 Å². The Kier molecular flexibility index (Phi) is 17.1. The van der Waals surface area contributed by atoms with E-state index in [2.05, 4.69) is 13.8 Å². The highest BCUT2D eigenvalue weighted by Gasteiger charge is 2.29. The highest BCUT2D eigenvalue weighted by Crippen LogP contribution is 2.50. The fourth-order valence-electron chi connectivity index (χ4n) is 3.12. The van der Waals surface area contributed by atoms with Gasteiger partial charge in [0.25, 0.3) is 0 Å². The highest BCUT2D eigenvalue weighted by atomic mass is 31.2. The number of hydrogen-bond acceptors (Lipinski definition) is 5. The lowest BCUT2D eigenvalue weighted by atomic mass is 10.1. The van der Waals surface area contributed by atoms with Gasteiger partial charge in [-0.25, -0.2) is 4.57 Å². The quantitative estimate of drug-likeness (QED) is 0.0825. The average molecular weight is 443 g/mol. The summed E-state index contributed by atoms with van der Waals surface area (Å²) < 4.78 is 29.1. The van der Waals surface area contributed by atoms with Crippen molar-refractivity contribution in [1.82, 2.24) is 0 Å². The monoisotopic (exact) mass is 442 g/mol. The van der Waals surface area contributed by atoms with Crippen molar-refractivity contribution in [2.45, 2.75) is 104 Å². The minimum atomic E-state index is -3.74. The Balaban J connectivity index is 2.30. The molecule has 0 saturated heterocycles. The molecular weight excluding hydrogens is 399 g/mol.